The van der Waals surface area contributed by atoms with Gasteiger partial charge in [0.15, 0.2) is 11.6 Å². The molecule has 2 rings (SSSR count). The Morgan fingerprint density at radius 3 is 1.32 bits per heavy atom. The summed E-state index contributed by atoms with van der Waals surface area (Å²) in [7, 11) is -7.89. The van der Waals surface area contributed by atoms with Gasteiger partial charge in [0.25, 0.3) is 20.0 Å². The normalized spacial score (nSPS) is 12.1. The van der Waals surface area contributed by atoms with Gasteiger partial charge in [-0.05, 0) is 48.5 Å². The molecule has 0 aliphatic rings. The molecular formula is C18H18N4O7S2. The number of carbonyl (C=O) groups excluding carboxylic acids is 2. The first-order valence-corrected chi connectivity index (χ1v) is 11.4. The summed E-state index contributed by atoms with van der Waals surface area (Å²) in [6.45, 7) is 2.45. The van der Waals surface area contributed by atoms with Gasteiger partial charge in [0.05, 0.1) is 22.2 Å². The highest BCUT2D eigenvalue weighted by Gasteiger charge is 2.14. The van der Waals surface area contributed by atoms with Crippen LogP contribution < -0.4 is 14.4 Å². The van der Waals surface area contributed by atoms with Crippen molar-refractivity contribution in [1.82, 2.24) is 9.66 Å². The second-order valence-corrected chi connectivity index (χ2v) is 9.29. The summed E-state index contributed by atoms with van der Waals surface area (Å²) in [5.41, 5.74) is 0. The van der Waals surface area contributed by atoms with Crippen molar-refractivity contribution in [1.29, 1.82) is 0 Å². The van der Waals surface area contributed by atoms with Crippen LogP contribution in [0.2, 0.25) is 0 Å². The van der Waals surface area contributed by atoms with E-state index in [1.165, 1.54) is 62.4 Å². The monoisotopic (exact) mass is 466 g/mol. The maximum Gasteiger partial charge on any atom is 0.276 e. The maximum absolute atomic E-state index is 12.1. The number of nitrogens with zero attached hydrogens (tertiary/aromatic N) is 2. The number of hydrogen-bond donors (Lipinski definition) is 2. The van der Waals surface area contributed by atoms with Crippen LogP contribution in [0.15, 0.2) is 68.5 Å². The van der Waals surface area contributed by atoms with Gasteiger partial charge in [-0.3, -0.25) is 9.59 Å². The molecule has 0 fully saturated rings. The van der Waals surface area contributed by atoms with Crippen molar-refractivity contribution in [2.45, 2.75) is 23.6 Å². The van der Waals surface area contributed by atoms with Crippen LogP contribution in [0, 0.1) is 0 Å². The molecule has 0 amide bonds. The van der Waals surface area contributed by atoms with E-state index in [4.69, 9.17) is 4.74 Å². The second kappa shape index (κ2) is 9.95. The Morgan fingerprint density at radius 2 is 1.03 bits per heavy atom. The molecular weight excluding hydrogens is 448 g/mol. The number of Topliss-reactive ketones (excluding diaryl/α,β-unsaturated/α-hetero) is 2. The van der Waals surface area contributed by atoms with Crippen LogP contribution in [0.25, 0.3) is 0 Å². The van der Waals surface area contributed by atoms with E-state index in [-0.39, 0.29) is 9.79 Å². The van der Waals surface area contributed by atoms with E-state index < -0.39 is 31.6 Å². The Balaban J connectivity index is 2.07. The van der Waals surface area contributed by atoms with Crippen molar-refractivity contribution in [3.8, 4) is 11.5 Å². The zero-order chi connectivity index (χ0) is 23.1. The molecule has 0 unspecified atom stereocenters. The van der Waals surface area contributed by atoms with Gasteiger partial charge in [-0.15, -0.1) is 0 Å². The summed E-state index contributed by atoms with van der Waals surface area (Å²) >= 11 is 0. The number of hydrogen-bond acceptors (Lipinski definition) is 9. The fourth-order valence-electron chi connectivity index (χ4n) is 1.99. The molecule has 2 aromatic rings. The van der Waals surface area contributed by atoms with E-state index in [0.717, 1.165) is 12.4 Å². The van der Waals surface area contributed by atoms with Crippen LogP contribution >= 0.6 is 0 Å². The lowest BCUT2D eigenvalue weighted by Crippen LogP contribution is -2.18. The van der Waals surface area contributed by atoms with Gasteiger partial charge in [0, 0.05) is 13.8 Å². The lowest BCUT2D eigenvalue weighted by molar-refractivity contribution is -0.111. The highest BCUT2D eigenvalue weighted by Crippen LogP contribution is 2.24. The van der Waals surface area contributed by atoms with Crippen molar-refractivity contribution >= 4 is 44.0 Å². The first kappa shape index (κ1) is 23.7. The number of hydrazone groups is 2. The average molecular weight is 466 g/mol. The lowest BCUT2D eigenvalue weighted by Gasteiger charge is -2.08. The van der Waals surface area contributed by atoms with E-state index in [1.807, 2.05) is 9.66 Å². The Bertz CT molecular complexity index is 1120. The molecule has 0 heterocycles. The Hall–Kier alpha value is -3.58. The van der Waals surface area contributed by atoms with Crippen molar-refractivity contribution in [3.63, 3.8) is 0 Å². The minimum Gasteiger partial charge on any atom is -0.457 e. The van der Waals surface area contributed by atoms with Crippen LogP contribution in [0.3, 0.4) is 0 Å². The summed E-state index contributed by atoms with van der Waals surface area (Å²) in [6, 6.07) is 10.7. The van der Waals surface area contributed by atoms with Crippen LogP contribution in [-0.2, 0) is 29.6 Å². The zero-order valence-corrected chi connectivity index (χ0v) is 18.0. The Morgan fingerprint density at radius 1 is 0.710 bits per heavy atom. The summed E-state index contributed by atoms with van der Waals surface area (Å²) < 4.78 is 53.8. The highest BCUT2D eigenvalue weighted by molar-refractivity contribution is 7.89. The summed E-state index contributed by atoms with van der Waals surface area (Å²) in [5.74, 6) is -0.230. The topological polar surface area (TPSA) is 160 Å². The predicted octanol–water partition coefficient (Wildman–Crippen LogP) is 1.19. The molecule has 11 nitrogen and oxygen atoms in total. The number of nitrogens with one attached hydrogen (secondary N) is 2. The number of carbonyl (C=O) groups is 2. The zero-order valence-electron chi connectivity index (χ0n) is 16.3. The molecule has 0 aliphatic carbocycles. The Labute approximate surface area is 178 Å². The molecule has 0 radical (unpaired) electrons. The number of ether oxygens (including phenoxy) is 1. The molecule has 0 aliphatic heterocycles. The summed E-state index contributed by atoms with van der Waals surface area (Å²) in [5, 5.41) is 6.68. The van der Waals surface area contributed by atoms with Crippen LogP contribution in [0.1, 0.15) is 13.8 Å². The fourth-order valence-corrected chi connectivity index (χ4v) is 3.57. The number of benzene rings is 2. The largest absolute Gasteiger partial charge is 0.457 e. The molecule has 0 atom stereocenters. The van der Waals surface area contributed by atoms with E-state index in [9.17, 15) is 26.4 Å². The van der Waals surface area contributed by atoms with Crippen molar-refractivity contribution in [2.75, 3.05) is 0 Å². The summed E-state index contributed by atoms with van der Waals surface area (Å²) in [6.07, 6.45) is 1.67. The number of ketones is 2. The van der Waals surface area contributed by atoms with Gasteiger partial charge >= 0.3 is 0 Å². The Kier molecular flexibility index (Phi) is 7.61. The molecule has 13 heteroatoms. The molecule has 0 aromatic heterocycles. The number of rotatable bonds is 10. The van der Waals surface area contributed by atoms with Gasteiger partial charge in [-0.2, -0.15) is 36.7 Å². The van der Waals surface area contributed by atoms with Gasteiger partial charge in [-0.1, -0.05) is 0 Å². The van der Waals surface area contributed by atoms with Gasteiger partial charge in [0.2, 0.25) is 0 Å². The molecule has 164 valence electrons. The molecule has 31 heavy (non-hydrogen) atoms. The highest BCUT2D eigenvalue weighted by atomic mass is 32.2. The molecule has 2 aromatic carbocycles. The van der Waals surface area contributed by atoms with Gasteiger partial charge < -0.3 is 4.74 Å². The molecule has 2 N–H and O–H groups in total. The average Bonchev–Trinajstić information content (AvgIpc) is 2.68. The number of sulfonamides is 2. The van der Waals surface area contributed by atoms with Crippen molar-refractivity contribution < 1.29 is 31.2 Å². The van der Waals surface area contributed by atoms with E-state index in [0.29, 0.717) is 11.5 Å². The van der Waals surface area contributed by atoms with Crippen molar-refractivity contribution in [2.24, 2.45) is 10.2 Å². The second-order valence-electron chi connectivity index (χ2n) is 5.97. The summed E-state index contributed by atoms with van der Waals surface area (Å²) in [4.78, 5) is 25.2. The van der Waals surface area contributed by atoms with Gasteiger partial charge in [0.1, 0.15) is 11.5 Å². The SMILES string of the molecule is CC(=O)C=NNS(=O)(=O)c1ccc(Oc2ccc(S(=O)(=O)NN=CC(C)=O)cc2)cc1. The van der Waals surface area contributed by atoms with E-state index >= 15 is 0 Å². The van der Waals surface area contributed by atoms with Gasteiger partial charge in [-0.25, -0.2) is 0 Å². The lowest BCUT2D eigenvalue weighted by atomic mass is 10.3. The minimum atomic E-state index is -3.94. The fraction of sp³-hybridized carbons (Fsp3) is 0.111. The van der Waals surface area contributed by atoms with Crippen molar-refractivity contribution in [3.05, 3.63) is 48.5 Å². The smallest absolute Gasteiger partial charge is 0.276 e. The maximum atomic E-state index is 12.1. The third kappa shape index (κ3) is 7.31. The first-order valence-electron chi connectivity index (χ1n) is 8.48. The minimum absolute atomic E-state index is 0.0980. The molecule has 0 spiro atoms. The third-order valence-electron chi connectivity index (χ3n) is 3.34. The first-order chi connectivity index (χ1) is 14.5. The van der Waals surface area contributed by atoms with Crippen LogP contribution in [0.5, 0.6) is 11.5 Å². The van der Waals surface area contributed by atoms with E-state index in [2.05, 4.69) is 10.2 Å². The predicted molar refractivity (Wildman–Crippen MR) is 112 cm³/mol. The van der Waals surface area contributed by atoms with Crippen LogP contribution in [0.4, 0.5) is 0 Å². The molecule has 0 bridgehead atoms. The standard InChI is InChI=1S/C18H18N4O7S2/c1-13(23)11-19-21-30(25,26)17-7-3-15(4-8-17)29-16-5-9-18(10-6-16)31(27,28)22-20-12-14(2)24/h3-12,21-22H,1-2H3. The molecule has 0 saturated carbocycles. The third-order valence-corrected chi connectivity index (χ3v) is 5.82. The van der Waals surface area contributed by atoms with E-state index in [1.54, 1.807) is 0 Å². The van der Waals surface area contributed by atoms with Crippen LogP contribution in [-0.4, -0.2) is 40.8 Å². The molecule has 0 saturated heterocycles. The quantitative estimate of drug-likeness (QED) is 0.393.